The predicted molar refractivity (Wildman–Crippen MR) is 107 cm³/mol. The molecule has 1 saturated carbocycles. The lowest BCUT2D eigenvalue weighted by Gasteiger charge is -2.34. The Morgan fingerprint density at radius 2 is 1.92 bits per heavy atom. The molecule has 26 heavy (non-hydrogen) atoms. The Morgan fingerprint density at radius 1 is 1.12 bits per heavy atom. The lowest BCUT2D eigenvalue weighted by Crippen LogP contribution is -2.33. The molecule has 0 unspecified atom stereocenters. The van der Waals surface area contributed by atoms with E-state index in [0.29, 0.717) is 17.0 Å². The number of hydrogen-bond donors (Lipinski definition) is 0. The lowest BCUT2D eigenvalue weighted by molar-refractivity contribution is 0.466. The number of halogens is 2. The fourth-order valence-corrected chi connectivity index (χ4v) is 4.85. The molecule has 0 spiro atoms. The minimum absolute atomic E-state index is 0.498. The zero-order valence-electron chi connectivity index (χ0n) is 14.3. The van der Waals surface area contributed by atoms with Gasteiger partial charge in [-0.1, -0.05) is 27.5 Å². The molecule has 1 aliphatic carbocycles. The second-order valence-corrected chi connectivity index (χ2v) is 8.53. The third-order valence-electron chi connectivity index (χ3n) is 5.48. The van der Waals surface area contributed by atoms with Gasteiger partial charge in [0, 0.05) is 46.8 Å². The van der Waals surface area contributed by atoms with E-state index in [2.05, 4.69) is 52.7 Å². The first-order chi connectivity index (χ1) is 12.7. The van der Waals surface area contributed by atoms with Gasteiger partial charge in [0.1, 0.15) is 12.2 Å². The number of rotatable bonds is 3. The van der Waals surface area contributed by atoms with Gasteiger partial charge in [-0.05, 0) is 43.9 Å². The lowest BCUT2D eigenvalue weighted by atomic mass is 9.95. The van der Waals surface area contributed by atoms with Crippen molar-refractivity contribution in [3.05, 3.63) is 46.0 Å². The van der Waals surface area contributed by atoms with E-state index in [1.54, 1.807) is 0 Å². The molecule has 0 N–H and O–H groups in total. The molecular formula is C19H19BrClN5. The molecule has 2 aromatic heterocycles. The molecule has 0 bridgehead atoms. The van der Waals surface area contributed by atoms with E-state index in [0.717, 1.165) is 41.3 Å². The van der Waals surface area contributed by atoms with Crippen LogP contribution < -0.4 is 4.90 Å². The van der Waals surface area contributed by atoms with Gasteiger partial charge in [-0.3, -0.25) is 4.98 Å². The standard InChI is InChI=1S/C19H19BrClN5/c20-13-9-15-17(3-6-22-18(15)16(21)10-13)25-7-4-12(5-8-25)19-24-23-11-26(19)14-1-2-14/h3,6,9-12,14H,1-2,4-5,7-8H2. The number of nitrogens with zero attached hydrogens (tertiary/aromatic N) is 5. The van der Waals surface area contributed by atoms with Crippen molar-refractivity contribution in [2.24, 2.45) is 0 Å². The van der Waals surface area contributed by atoms with Gasteiger partial charge in [-0.15, -0.1) is 10.2 Å². The summed E-state index contributed by atoms with van der Waals surface area (Å²) >= 11 is 9.94. The number of benzene rings is 1. The van der Waals surface area contributed by atoms with Gasteiger partial charge < -0.3 is 9.47 Å². The molecule has 1 saturated heterocycles. The van der Waals surface area contributed by atoms with Crippen LogP contribution in [0.3, 0.4) is 0 Å². The van der Waals surface area contributed by atoms with Gasteiger partial charge in [0.05, 0.1) is 10.5 Å². The van der Waals surface area contributed by atoms with E-state index in [4.69, 9.17) is 11.6 Å². The van der Waals surface area contributed by atoms with E-state index in [-0.39, 0.29) is 0 Å². The number of anilines is 1. The Bertz CT molecular complexity index is 960. The van der Waals surface area contributed by atoms with Crippen molar-refractivity contribution < 1.29 is 0 Å². The summed E-state index contributed by atoms with van der Waals surface area (Å²) in [5.74, 6) is 1.68. The molecule has 3 aromatic rings. The third kappa shape index (κ3) is 2.89. The van der Waals surface area contributed by atoms with Crippen LogP contribution in [0.1, 0.15) is 43.5 Å². The summed E-state index contributed by atoms with van der Waals surface area (Å²) in [7, 11) is 0. The monoisotopic (exact) mass is 431 g/mol. The number of fused-ring (bicyclic) bond motifs is 1. The van der Waals surface area contributed by atoms with Crippen molar-refractivity contribution in [2.75, 3.05) is 18.0 Å². The summed E-state index contributed by atoms with van der Waals surface area (Å²) in [6.07, 6.45) is 8.49. The average molecular weight is 433 g/mol. The Kier molecular flexibility index (Phi) is 4.13. The molecule has 3 heterocycles. The quantitative estimate of drug-likeness (QED) is 0.587. The zero-order chi connectivity index (χ0) is 17.7. The summed E-state index contributed by atoms with van der Waals surface area (Å²) in [4.78, 5) is 6.92. The van der Waals surface area contributed by atoms with Crippen LogP contribution >= 0.6 is 27.5 Å². The van der Waals surface area contributed by atoms with Gasteiger partial charge in [-0.25, -0.2) is 0 Å². The van der Waals surface area contributed by atoms with Gasteiger partial charge in [0.2, 0.25) is 0 Å². The molecule has 5 rings (SSSR count). The number of hydrogen-bond acceptors (Lipinski definition) is 4. The van der Waals surface area contributed by atoms with Crippen molar-refractivity contribution in [1.29, 1.82) is 0 Å². The van der Waals surface area contributed by atoms with Gasteiger partial charge in [-0.2, -0.15) is 0 Å². The molecule has 5 nitrogen and oxygen atoms in total. The summed E-state index contributed by atoms with van der Waals surface area (Å²) < 4.78 is 3.29. The van der Waals surface area contributed by atoms with Crippen LogP contribution in [0, 0.1) is 0 Å². The van der Waals surface area contributed by atoms with Crippen molar-refractivity contribution in [2.45, 2.75) is 37.6 Å². The van der Waals surface area contributed by atoms with E-state index in [1.807, 2.05) is 18.6 Å². The maximum Gasteiger partial charge on any atom is 0.136 e. The first-order valence-corrected chi connectivity index (χ1v) is 10.3. The average Bonchev–Trinajstić information content (AvgIpc) is 3.38. The second kappa shape index (κ2) is 6.50. The van der Waals surface area contributed by atoms with Gasteiger partial charge in [0.25, 0.3) is 0 Å². The first-order valence-electron chi connectivity index (χ1n) is 9.09. The number of pyridine rings is 1. The van der Waals surface area contributed by atoms with Crippen LogP contribution in [0.15, 0.2) is 35.2 Å². The first kappa shape index (κ1) is 16.5. The molecule has 0 amide bonds. The van der Waals surface area contributed by atoms with Crippen LogP contribution in [0.2, 0.25) is 5.02 Å². The van der Waals surface area contributed by atoms with Crippen LogP contribution in [0.4, 0.5) is 5.69 Å². The topological polar surface area (TPSA) is 46.8 Å². The normalized spacial score (nSPS) is 18.6. The molecule has 2 aliphatic rings. The number of piperidine rings is 1. The zero-order valence-corrected chi connectivity index (χ0v) is 16.6. The van der Waals surface area contributed by atoms with Crippen LogP contribution in [0.5, 0.6) is 0 Å². The predicted octanol–water partition coefficient (Wildman–Crippen LogP) is 4.96. The SMILES string of the molecule is Clc1cc(Br)cc2c(N3CCC(c4nncn4C4CC4)CC3)ccnc12. The van der Waals surface area contributed by atoms with E-state index < -0.39 is 0 Å². The summed E-state index contributed by atoms with van der Waals surface area (Å²) in [6, 6.07) is 6.75. The molecule has 1 aromatic carbocycles. The fourth-order valence-electron chi connectivity index (χ4n) is 4.00. The van der Waals surface area contributed by atoms with Crippen molar-refractivity contribution in [3.63, 3.8) is 0 Å². The van der Waals surface area contributed by atoms with E-state index in [1.165, 1.54) is 24.4 Å². The van der Waals surface area contributed by atoms with E-state index >= 15 is 0 Å². The summed E-state index contributed by atoms with van der Waals surface area (Å²) in [5, 5.41) is 10.4. The van der Waals surface area contributed by atoms with Crippen molar-refractivity contribution in [3.8, 4) is 0 Å². The smallest absolute Gasteiger partial charge is 0.136 e. The molecule has 134 valence electrons. The Labute approximate surface area is 165 Å². The highest BCUT2D eigenvalue weighted by molar-refractivity contribution is 9.10. The maximum atomic E-state index is 6.39. The van der Waals surface area contributed by atoms with Gasteiger partial charge >= 0.3 is 0 Å². The minimum Gasteiger partial charge on any atom is -0.371 e. The van der Waals surface area contributed by atoms with Crippen molar-refractivity contribution in [1.82, 2.24) is 19.7 Å². The van der Waals surface area contributed by atoms with Crippen LogP contribution in [0.25, 0.3) is 10.9 Å². The van der Waals surface area contributed by atoms with Crippen LogP contribution in [-0.2, 0) is 0 Å². The van der Waals surface area contributed by atoms with Gasteiger partial charge in [0.15, 0.2) is 0 Å². The largest absolute Gasteiger partial charge is 0.371 e. The highest BCUT2D eigenvalue weighted by Gasteiger charge is 2.31. The summed E-state index contributed by atoms with van der Waals surface area (Å²) in [5.41, 5.74) is 2.07. The molecule has 0 radical (unpaired) electrons. The third-order valence-corrected chi connectivity index (χ3v) is 6.23. The highest BCUT2D eigenvalue weighted by Crippen LogP contribution is 2.40. The van der Waals surface area contributed by atoms with Crippen molar-refractivity contribution >= 4 is 44.1 Å². The Morgan fingerprint density at radius 3 is 2.69 bits per heavy atom. The highest BCUT2D eigenvalue weighted by atomic mass is 79.9. The number of aromatic nitrogens is 4. The molecule has 1 aliphatic heterocycles. The molecular weight excluding hydrogens is 414 g/mol. The molecule has 0 atom stereocenters. The Balaban J connectivity index is 1.40. The van der Waals surface area contributed by atoms with Crippen LogP contribution in [-0.4, -0.2) is 32.8 Å². The van der Waals surface area contributed by atoms with E-state index in [9.17, 15) is 0 Å². The second-order valence-electron chi connectivity index (χ2n) is 7.20. The minimum atomic E-state index is 0.498. The Hall–Kier alpha value is -1.66. The molecule has 2 fully saturated rings. The fraction of sp³-hybridized carbons (Fsp3) is 0.421. The summed E-state index contributed by atoms with van der Waals surface area (Å²) in [6.45, 7) is 2.01. The maximum absolute atomic E-state index is 6.39. The molecule has 7 heteroatoms.